The molecule has 1 saturated heterocycles. The van der Waals surface area contributed by atoms with Crippen LogP contribution < -0.4 is 4.90 Å². The summed E-state index contributed by atoms with van der Waals surface area (Å²) in [6.45, 7) is 2.16. The third-order valence-electron chi connectivity index (χ3n) is 7.45. The van der Waals surface area contributed by atoms with Crippen molar-refractivity contribution in [3.8, 4) is 0 Å². The summed E-state index contributed by atoms with van der Waals surface area (Å²) >= 11 is 2.22. The van der Waals surface area contributed by atoms with Gasteiger partial charge in [-0.05, 0) is 63.4 Å². The first-order valence-electron chi connectivity index (χ1n) is 10.4. The molecule has 3 aromatic carbocycles. The molecular weight excluding hydrogens is 485 g/mol. The Balaban J connectivity index is 1.66. The summed E-state index contributed by atoms with van der Waals surface area (Å²) in [4.78, 5) is 29.3. The Labute approximate surface area is 189 Å². The molecule has 0 spiro atoms. The van der Waals surface area contributed by atoms with E-state index in [1.165, 1.54) is 27.2 Å². The molecule has 0 radical (unpaired) electrons. The first-order chi connectivity index (χ1) is 14.6. The second-order valence-electron chi connectivity index (χ2n) is 8.44. The summed E-state index contributed by atoms with van der Waals surface area (Å²) < 4.78 is 0.920. The molecule has 7 rings (SSSR count). The maximum absolute atomic E-state index is 14.0. The molecule has 3 aliphatic carbocycles. The minimum Gasteiger partial charge on any atom is -0.274 e. The molecule has 0 saturated carbocycles. The van der Waals surface area contributed by atoms with E-state index >= 15 is 0 Å². The number of nitrogens with zero attached hydrogens (tertiary/aromatic N) is 1. The molecule has 1 heterocycles. The van der Waals surface area contributed by atoms with E-state index in [0.717, 1.165) is 9.99 Å². The quantitative estimate of drug-likeness (QED) is 0.353. The second kappa shape index (κ2) is 6.27. The molecular formula is C26H20INO2. The number of carbonyl (C=O) groups excluding carboxylic acids is 2. The van der Waals surface area contributed by atoms with Crippen LogP contribution in [0, 0.1) is 15.4 Å². The van der Waals surface area contributed by atoms with Crippen LogP contribution in [0.5, 0.6) is 0 Å². The van der Waals surface area contributed by atoms with Crippen LogP contribution in [0.1, 0.15) is 41.5 Å². The van der Waals surface area contributed by atoms with E-state index in [2.05, 4.69) is 78.0 Å². The van der Waals surface area contributed by atoms with Gasteiger partial charge in [0.05, 0.1) is 17.5 Å². The second-order valence-corrected chi connectivity index (χ2v) is 9.61. The molecule has 30 heavy (non-hydrogen) atoms. The largest absolute Gasteiger partial charge is 0.274 e. The lowest BCUT2D eigenvalue weighted by atomic mass is 9.46. The monoisotopic (exact) mass is 505 g/mol. The van der Waals surface area contributed by atoms with E-state index in [1.54, 1.807) is 0 Å². The fraction of sp³-hybridized carbons (Fsp3) is 0.231. The lowest BCUT2D eigenvalue weighted by Crippen LogP contribution is -2.53. The Morgan fingerprint density at radius 1 is 0.833 bits per heavy atom. The van der Waals surface area contributed by atoms with Crippen molar-refractivity contribution < 1.29 is 9.59 Å². The number of benzene rings is 3. The van der Waals surface area contributed by atoms with E-state index < -0.39 is 5.41 Å². The van der Waals surface area contributed by atoms with Gasteiger partial charge in [0.1, 0.15) is 0 Å². The van der Waals surface area contributed by atoms with Gasteiger partial charge in [-0.1, -0.05) is 67.6 Å². The highest BCUT2D eigenvalue weighted by Gasteiger charge is 2.67. The number of amides is 2. The Kier molecular flexibility index (Phi) is 3.82. The van der Waals surface area contributed by atoms with Crippen molar-refractivity contribution in [3.63, 3.8) is 0 Å². The first kappa shape index (κ1) is 18.3. The Hall–Kier alpha value is -2.47. The molecule has 0 aromatic heterocycles. The van der Waals surface area contributed by atoms with E-state index in [0.29, 0.717) is 5.69 Å². The highest BCUT2D eigenvalue weighted by Crippen LogP contribution is 2.65. The van der Waals surface area contributed by atoms with Gasteiger partial charge in [-0.3, -0.25) is 9.59 Å². The standard InChI is InChI=1S/C26H20INO2/c1-2-26-17-11-5-3-9-15(17)21(16-10-4-6-12-18(16)26)22-23(26)25(30)28(24(22)29)20-14-8-7-13-19(20)27/h3-14,21-23H,2H2,1H3/t21?,22-,23+,26?/m1/s1. The molecule has 2 amide bonds. The molecule has 2 atom stereocenters. The maximum Gasteiger partial charge on any atom is 0.239 e. The maximum atomic E-state index is 14.0. The number of hydrogen-bond acceptors (Lipinski definition) is 2. The van der Waals surface area contributed by atoms with Crippen molar-refractivity contribution in [2.45, 2.75) is 24.7 Å². The van der Waals surface area contributed by atoms with Gasteiger partial charge in [-0.15, -0.1) is 0 Å². The van der Waals surface area contributed by atoms with E-state index in [-0.39, 0.29) is 29.6 Å². The van der Waals surface area contributed by atoms with Gasteiger partial charge >= 0.3 is 0 Å². The van der Waals surface area contributed by atoms with Gasteiger partial charge in [0, 0.05) is 14.9 Å². The van der Waals surface area contributed by atoms with Gasteiger partial charge in [-0.25, -0.2) is 4.90 Å². The smallest absolute Gasteiger partial charge is 0.239 e. The Morgan fingerprint density at radius 2 is 1.40 bits per heavy atom. The zero-order chi connectivity index (χ0) is 20.6. The van der Waals surface area contributed by atoms with Crippen LogP contribution >= 0.6 is 22.6 Å². The number of carbonyl (C=O) groups is 2. The first-order valence-corrected chi connectivity index (χ1v) is 11.5. The van der Waals surface area contributed by atoms with Crippen LogP contribution in [0.15, 0.2) is 72.8 Å². The normalized spacial score (nSPS) is 28.3. The molecule has 1 fully saturated rings. The van der Waals surface area contributed by atoms with Crippen LogP contribution in [-0.4, -0.2) is 11.8 Å². The minimum atomic E-state index is -0.464. The fourth-order valence-corrected chi connectivity index (χ4v) is 7.03. The zero-order valence-corrected chi connectivity index (χ0v) is 18.7. The molecule has 3 nitrogen and oxygen atoms in total. The van der Waals surface area contributed by atoms with Gasteiger partial charge in [0.25, 0.3) is 0 Å². The molecule has 3 aromatic rings. The van der Waals surface area contributed by atoms with Crippen molar-refractivity contribution in [2.75, 3.05) is 4.90 Å². The van der Waals surface area contributed by atoms with Gasteiger partial charge in [-0.2, -0.15) is 0 Å². The van der Waals surface area contributed by atoms with Crippen LogP contribution in [0.25, 0.3) is 0 Å². The van der Waals surface area contributed by atoms with Crippen LogP contribution in [-0.2, 0) is 15.0 Å². The number of anilines is 1. The third-order valence-corrected chi connectivity index (χ3v) is 8.36. The lowest BCUT2D eigenvalue weighted by Gasteiger charge is -2.54. The average Bonchev–Trinajstić information content (AvgIpc) is 3.05. The van der Waals surface area contributed by atoms with E-state index in [9.17, 15) is 9.59 Å². The summed E-state index contributed by atoms with van der Waals surface area (Å²) in [6, 6.07) is 24.6. The van der Waals surface area contributed by atoms with Crippen LogP contribution in [0.2, 0.25) is 0 Å². The SMILES string of the molecule is CCC12c3ccccc3C(c3ccccc31)[C@H]1C(=O)N(c3ccccc3I)C(=O)[C@H]12. The fourth-order valence-electron chi connectivity index (χ4n) is 6.40. The summed E-state index contributed by atoms with van der Waals surface area (Å²) in [7, 11) is 0. The molecule has 0 N–H and O–H groups in total. The number of hydrogen-bond donors (Lipinski definition) is 0. The minimum absolute atomic E-state index is 0.0510. The van der Waals surface area contributed by atoms with Crippen molar-refractivity contribution in [3.05, 3.63) is 98.6 Å². The summed E-state index contributed by atoms with van der Waals surface area (Å²) in [5, 5.41) is 0. The molecule has 0 unspecified atom stereocenters. The Bertz CT molecular complexity index is 1190. The topological polar surface area (TPSA) is 37.4 Å². The van der Waals surface area contributed by atoms with Crippen molar-refractivity contribution in [2.24, 2.45) is 11.8 Å². The molecule has 1 aliphatic heterocycles. The molecule has 2 bridgehead atoms. The van der Waals surface area contributed by atoms with Crippen LogP contribution in [0.3, 0.4) is 0 Å². The summed E-state index contributed by atoms with van der Waals surface area (Å²) in [5.74, 6) is -0.886. The number of rotatable bonds is 2. The summed E-state index contributed by atoms with van der Waals surface area (Å²) in [5.41, 5.74) is 5.12. The molecule has 4 heteroatoms. The van der Waals surface area contributed by atoms with Crippen molar-refractivity contribution in [1.29, 1.82) is 0 Å². The predicted molar refractivity (Wildman–Crippen MR) is 124 cm³/mol. The van der Waals surface area contributed by atoms with Gasteiger partial charge in [0.15, 0.2) is 0 Å². The molecule has 148 valence electrons. The van der Waals surface area contributed by atoms with E-state index in [4.69, 9.17) is 0 Å². The predicted octanol–water partition coefficient (Wildman–Crippen LogP) is 5.25. The van der Waals surface area contributed by atoms with Crippen molar-refractivity contribution in [1.82, 2.24) is 0 Å². The number of para-hydroxylation sites is 1. The number of halogens is 1. The van der Waals surface area contributed by atoms with Gasteiger partial charge < -0.3 is 0 Å². The van der Waals surface area contributed by atoms with E-state index in [1.807, 2.05) is 24.3 Å². The zero-order valence-electron chi connectivity index (χ0n) is 16.5. The average molecular weight is 505 g/mol. The Morgan fingerprint density at radius 3 is 2.00 bits per heavy atom. The molecule has 4 aliphatic rings. The van der Waals surface area contributed by atoms with Gasteiger partial charge in [0.2, 0.25) is 11.8 Å². The summed E-state index contributed by atoms with van der Waals surface area (Å²) in [6.07, 6.45) is 0.785. The van der Waals surface area contributed by atoms with Crippen molar-refractivity contribution >= 4 is 40.1 Å². The third kappa shape index (κ3) is 2.01. The highest BCUT2D eigenvalue weighted by molar-refractivity contribution is 14.1. The lowest BCUT2D eigenvalue weighted by molar-refractivity contribution is -0.123. The highest BCUT2D eigenvalue weighted by atomic mass is 127. The van der Waals surface area contributed by atoms with Crippen LogP contribution in [0.4, 0.5) is 5.69 Å². The number of imide groups is 1.